The summed E-state index contributed by atoms with van der Waals surface area (Å²) >= 11 is 0. The summed E-state index contributed by atoms with van der Waals surface area (Å²) in [6.07, 6.45) is 9.16. The zero-order valence-corrected chi connectivity index (χ0v) is 85.7. The van der Waals surface area contributed by atoms with Crippen LogP contribution in [0.3, 0.4) is 0 Å². The van der Waals surface area contributed by atoms with Gasteiger partial charge in [-0.1, -0.05) is 128 Å². The lowest BCUT2D eigenvalue weighted by Crippen LogP contribution is -2.69. The van der Waals surface area contributed by atoms with Gasteiger partial charge in [-0.2, -0.15) is 0 Å². The minimum absolute atomic E-state index is 0.482. The van der Waals surface area contributed by atoms with E-state index in [-0.39, 0.29) is 0 Å². The second kappa shape index (κ2) is 65.1. The number of phosphoric ester groups is 5. The van der Waals surface area contributed by atoms with E-state index in [4.69, 9.17) is 37.3 Å². The predicted molar refractivity (Wildman–Crippen MR) is 495 cm³/mol. The van der Waals surface area contributed by atoms with Crippen molar-refractivity contribution in [1.29, 1.82) is 0 Å². The van der Waals surface area contributed by atoms with Crippen molar-refractivity contribution in [2.75, 3.05) is 66.1 Å². The molecule has 3 heterocycles. The quantitative estimate of drug-likeness (QED) is 0.0231. The molecule has 0 aromatic heterocycles. The Labute approximate surface area is 805 Å². The van der Waals surface area contributed by atoms with Crippen LogP contribution >= 0.6 is 39.1 Å². The van der Waals surface area contributed by atoms with E-state index in [1.54, 1.807) is 6.92 Å². The summed E-state index contributed by atoms with van der Waals surface area (Å²) in [6.45, 7) is 16.6. The van der Waals surface area contributed by atoms with Crippen molar-refractivity contribution in [1.82, 2.24) is 16.0 Å². The number of carbonyl (C=O) groups excluding carboxylic acids is 3. The van der Waals surface area contributed by atoms with E-state index < -0.39 is 245 Å². The van der Waals surface area contributed by atoms with Gasteiger partial charge in [0.25, 0.3) is 39.1 Å². The maximum Gasteiger partial charge on any atom is 0.276 e. The molecule has 3 aliphatic heterocycles. The number of allylic oxidation sites excluding steroid dienone is 21. The summed E-state index contributed by atoms with van der Waals surface area (Å²) in [5, 5.41) is 133. The van der Waals surface area contributed by atoms with Crippen LogP contribution in [0.25, 0.3) is 0 Å². The average molecular weight is 2050 g/mol. The fraction of sp³-hybridized carbons (Fsp3) is 0.722. The van der Waals surface area contributed by atoms with Gasteiger partial charge in [0.1, 0.15) is 104 Å². The zero-order valence-electron chi connectivity index (χ0n) is 81.2. The van der Waals surface area contributed by atoms with Gasteiger partial charge in [-0.3, -0.25) is 41.7 Å². The number of rotatable bonds is 67. The molecule has 15 N–H and O–H groups in total. The molecule has 3 saturated heterocycles. The summed E-state index contributed by atoms with van der Waals surface area (Å²) in [4.78, 5) is 101. The van der Waals surface area contributed by atoms with E-state index in [2.05, 4.69) is 173 Å². The Hall–Kier alpha value is -4.54. The Balaban J connectivity index is 1.44. The highest BCUT2D eigenvalue weighted by atomic mass is 31.3. The predicted octanol–water partition coefficient (Wildman–Crippen LogP) is 6.39. The molecule has 5 unspecified atom stereocenters. The number of phosphoric acid groups is 5. The lowest BCUT2D eigenvalue weighted by atomic mass is 9.94. The molecule has 3 aliphatic rings. The molecule has 0 spiro atoms. The molecule has 0 bridgehead atoms. The van der Waals surface area contributed by atoms with Gasteiger partial charge in [-0.15, -0.1) is 0 Å². The fourth-order valence-electron chi connectivity index (χ4n) is 14.3. The first kappa shape index (κ1) is 127. The number of carbonyl (C=O) groups is 3. The third kappa shape index (κ3) is 52.7. The highest BCUT2D eigenvalue weighted by Gasteiger charge is 2.54. The number of hydrogen-bond acceptors (Lipinski definition) is 39. The molecule has 3 fully saturated rings. The largest absolute Gasteiger partial charge is 0.756 e. The molecule has 0 aromatic carbocycles. The van der Waals surface area contributed by atoms with E-state index in [1.165, 1.54) is 56.2 Å². The number of hydrogen-bond donors (Lipinski definition) is 15. The van der Waals surface area contributed by atoms with Crippen molar-refractivity contribution in [3.05, 3.63) is 128 Å². The lowest BCUT2D eigenvalue weighted by molar-refractivity contribution is -0.333. The third-order valence-electron chi connectivity index (χ3n) is 22.1. The molecule has 790 valence electrons. The van der Waals surface area contributed by atoms with Crippen LogP contribution in [0.15, 0.2) is 128 Å². The van der Waals surface area contributed by atoms with E-state index >= 15 is 0 Å². The molecule has 42 nitrogen and oxygen atoms in total. The molecule has 3 amide bonds. The van der Waals surface area contributed by atoms with Crippen molar-refractivity contribution in [3.63, 3.8) is 0 Å². The van der Waals surface area contributed by atoms with Crippen molar-refractivity contribution in [2.24, 2.45) is 0 Å². The van der Waals surface area contributed by atoms with Crippen LogP contribution in [-0.4, -0.2) is 268 Å². The Morgan fingerprint density at radius 1 is 0.336 bits per heavy atom. The van der Waals surface area contributed by atoms with Crippen LogP contribution in [0.5, 0.6) is 0 Å². The third-order valence-corrected chi connectivity index (χ3v) is 27.4. The van der Waals surface area contributed by atoms with Crippen molar-refractivity contribution in [2.45, 2.75) is 355 Å². The summed E-state index contributed by atoms with van der Waals surface area (Å²) in [7, 11) is -29.1. The van der Waals surface area contributed by atoms with Gasteiger partial charge in [0, 0.05) is 20.8 Å². The fourth-order valence-corrected chi connectivity index (χ4v) is 18.8. The second-order valence-electron chi connectivity index (χ2n) is 35.1. The minimum atomic E-state index is -6.16. The van der Waals surface area contributed by atoms with E-state index in [0.717, 1.165) is 142 Å². The van der Waals surface area contributed by atoms with E-state index in [1.807, 2.05) is 6.92 Å². The van der Waals surface area contributed by atoms with Crippen LogP contribution in [0, 0.1) is 0 Å². The zero-order chi connectivity index (χ0) is 103. The first-order valence-electron chi connectivity index (χ1n) is 45.8. The van der Waals surface area contributed by atoms with Gasteiger partial charge in [0.05, 0.1) is 66.1 Å². The van der Waals surface area contributed by atoms with E-state index in [0.29, 0.717) is 18.4 Å². The van der Waals surface area contributed by atoms with Crippen LogP contribution < -0.4 is 40.4 Å². The lowest BCUT2D eigenvalue weighted by Gasteiger charge is -2.49. The van der Waals surface area contributed by atoms with E-state index in [9.17, 15) is 123 Å². The molecule has 47 heteroatoms. The smallest absolute Gasteiger partial charge is 0.276 e. The number of amides is 3. The molecule has 25 atom stereocenters. The van der Waals surface area contributed by atoms with Crippen LogP contribution in [0.1, 0.15) is 232 Å². The first-order chi connectivity index (χ1) is 64.1. The maximum atomic E-state index is 13.3. The molecular weight excluding hydrogens is 1900 g/mol. The highest BCUT2D eigenvalue weighted by Crippen LogP contribution is 2.57. The minimum Gasteiger partial charge on any atom is -0.756 e. The highest BCUT2D eigenvalue weighted by molar-refractivity contribution is 7.59. The van der Waals surface area contributed by atoms with Crippen molar-refractivity contribution < 1.29 is 187 Å². The number of aliphatic hydroxyl groups is 12. The van der Waals surface area contributed by atoms with Crippen molar-refractivity contribution in [3.8, 4) is 0 Å². The molecular formula is C90H151N3O39P5-5. The van der Waals surface area contributed by atoms with Gasteiger partial charge in [-0.05, 0) is 212 Å². The molecule has 0 radical (unpaired) electrons. The molecule has 137 heavy (non-hydrogen) atoms. The Morgan fingerprint density at radius 2 is 0.635 bits per heavy atom. The van der Waals surface area contributed by atoms with Gasteiger partial charge >= 0.3 is 0 Å². The molecule has 0 aromatic rings. The first-order valence-corrected chi connectivity index (χ1v) is 53.1. The standard InChI is InChI=1S/C90H156N3O39P5/c1-57(2)26-16-27-58(3)28-17-29-59(4)30-18-31-60(5)32-19-33-61(6)34-20-35-62(7)36-21-37-63(8)38-22-39-64(9)40-23-41-65(10)42-24-43-66(11)44-25-45-67(12)46-47-119-136(115,116)132-137(117,118)131-90-80(93-70(15)100)83(107)86(76(50-96)127-90)129-89-79(92-69(14)99)84(108)87(77(51-97)126-89)130-135(113,114)123-55-72(102)54-121-133(109,110)120-52-71(101)53-122-134(111,112)124-56-74(104)85(73(103)48-94)128-88-78(91-68(13)98)82(106)81(105)75(49-95)125-88/h26,28,30,32,34,36,38,40,42,44,46,71-90,94-97,101-108H,16-25,27,29,31,33,35,37,39,41,43,45,47-56H2,1-15H3,(H,91,98)(H,92,99)(H,93,100)(H,109,110)(H,111,112)(H,113,114)(H,115,116)(H,117,118)/p-5/b58-28+,59-30+,60-32-,61-34-,62-36-,63-38-,64-40-,65-42-,66-44-,67-46-/t71-,72+,73-,74+,75+,76+,77+,78+,79+,80+,81+,82+,83+,84+,85-,86+,87+,88-,89-,90+/m0/s1. The second-order valence-corrected chi connectivity index (χ2v) is 42.2. The summed E-state index contributed by atoms with van der Waals surface area (Å²) in [5.74, 6) is -2.80. The average Bonchev–Trinajstić information content (AvgIpc) is 0.762. The number of nitrogens with one attached hydrogen (secondary N) is 3. The topological polar surface area (TPSA) is 660 Å². The van der Waals surface area contributed by atoms with Crippen LogP contribution in [0.4, 0.5) is 0 Å². The Morgan fingerprint density at radius 3 is 0.978 bits per heavy atom. The van der Waals surface area contributed by atoms with Gasteiger partial charge in [0.2, 0.25) is 17.7 Å². The summed E-state index contributed by atoms with van der Waals surface area (Å²) in [6, 6.07) is -5.72. The molecule has 0 saturated carbocycles. The van der Waals surface area contributed by atoms with Crippen LogP contribution in [-0.2, 0) is 101 Å². The summed E-state index contributed by atoms with van der Waals surface area (Å²) < 4.78 is 134. The Kier molecular flexibility index (Phi) is 60.1. The monoisotopic (exact) mass is 2050 g/mol. The van der Waals surface area contributed by atoms with Gasteiger partial charge in [-0.25, -0.2) is 4.31 Å². The Bertz CT molecular complexity index is 4280. The number of ether oxygens (including phenoxy) is 5. The van der Waals surface area contributed by atoms with Crippen LogP contribution in [0.2, 0.25) is 0 Å². The molecule has 3 rings (SSSR count). The van der Waals surface area contributed by atoms with Gasteiger partial charge in [0.15, 0.2) is 18.9 Å². The molecule has 0 aliphatic carbocycles. The normalized spacial score (nSPS) is 26.8. The van der Waals surface area contributed by atoms with Gasteiger partial charge < -0.3 is 157 Å². The SMILES string of the molecule is CC(=O)N[C@H]1[C@@H](OP(=O)([O-])OP(=O)([O-])OC/C=C(/C)CC/C=C(/C)CC/C=C(/C)CC/C=C(/C)CC/C=C(/C)CC/C=C(/C)CC/C=C(/C)CC/C=C(/C)CC/C=C(\C)CC/C=C(\C)CCC=C(C)C)O[C@H](CO)[C@@H](O[C@@H]2O[C@H](CO)[C@@H](OP(=O)([O-])OC[C@H](O)COP(=O)([O-])OC[C@H](O)COP(=O)([O-])OC[C@@H](O)[C@@H](O[C@@H]3O[C@H](CO)[C@@H](O)[C@H](O)[C@H]3NC(C)=O)[C@@H](O)CO)[C@H](O)[C@H]2NC(C)=O)[C@@H]1O. The number of aliphatic hydroxyl groups excluding tert-OH is 12. The van der Waals surface area contributed by atoms with Crippen molar-refractivity contribution >= 4 is 56.8 Å². The summed E-state index contributed by atoms with van der Waals surface area (Å²) in [5.41, 5.74) is 14.6. The maximum absolute atomic E-state index is 13.3.